The zero-order valence-corrected chi connectivity index (χ0v) is 11.5. The number of anilines is 1. The first kappa shape index (κ1) is 13.3. The third-order valence-corrected chi connectivity index (χ3v) is 3.69. The lowest BCUT2D eigenvalue weighted by molar-refractivity contribution is 0.356. The first-order valence-electron chi connectivity index (χ1n) is 6.77. The summed E-state index contributed by atoms with van der Waals surface area (Å²) in [6.45, 7) is 8.54. The molecule has 0 radical (unpaired) electrons. The number of halogens is 1. The van der Waals surface area contributed by atoms with Crippen molar-refractivity contribution in [2.75, 3.05) is 18.0 Å². The highest BCUT2D eigenvalue weighted by molar-refractivity contribution is 5.55. The molecule has 1 aromatic carbocycles. The number of benzene rings is 1. The first-order valence-corrected chi connectivity index (χ1v) is 6.77. The lowest BCUT2D eigenvalue weighted by atomic mass is 9.90. The zero-order chi connectivity index (χ0) is 13.3. The average molecular weight is 250 g/mol. The topological polar surface area (TPSA) is 29.3 Å². The Labute approximate surface area is 109 Å². The van der Waals surface area contributed by atoms with Crippen LogP contribution in [-0.2, 0) is 0 Å². The minimum Gasteiger partial charge on any atom is -0.371 e. The van der Waals surface area contributed by atoms with Crippen LogP contribution in [0.5, 0.6) is 0 Å². The number of nitrogens with two attached hydrogens (primary N) is 1. The number of nitrogens with zero attached hydrogens (tertiary/aromatic N) is 1. The molecule has 2 unspecified atom stereocenters. The number of hydrogen-bond donors (Lipinski definition) is 1. The summed E-state index contributed by atoms with van der Waals surface area (Å²) in [4.78, 5) is 2.36. The van der Waals surface area contributed by atoms with Gasteiger partial charge in [-0.1, -0.05) is 13.8 Å². The second kappa shape index (κ2) is 5.27. The van der Waals surface area contributed by atoms with E-state index in [9.17, 15) is 4.39 Å². The molecule has 0 aliphatic carbocycles. The van der Waals surface area contributed by atoms with Gasteiger partial charge in [0.2, 0.25) is 0 Å². The van der Waals surface area contributed by atoms with Gasteiger partial charge in [0.15, 0.2) is 0 Å². The van der Waals surface area contributed by atoms with Crippen LogP contribution in [0.4, 0.5) is 10.1 Å². The van der Waals surface area contributed by atoms with E-state index < -0.39 is 0 Å². The summed E-state index contributed by atoms with van der Waals surface area (Å²) < 4.78 is 13.4. The van der Waals surface area contributed by atoms with Crippen LogP contribution in [0, 0.1) is 17.7 Å². The summed E-state index contributed by atoms with van der Waals surface area (Å²) in [6.07, 6.45) is 1.27. The van der Waals surface area contributed by atoms with Crippen molar-refractivity contribution in [1.29, 1.82) is 0 Å². The van der Waals surface area contributed by atoms with Crippen LogP contribution in [0.25, 0.3) is 0 Å². The van der Waals surface area contributed by atoms with Gasteiger partial charge in [-0.15, -0.1) is 0 Å². The molecule has 1 fully saturated rings. The summed E-state index contributed by atoms with van der Waals surface area (Å²) in [6, 6.07) is 4.84. The third kappa shape index (κ3) is 2.83. The molecular weight excluding hydrogens is 227 g/mol. The molecule has 18 heavy (non-hydrogen) atoms. The van der Waals surface area contributed by atoms with Crippen LogP contribution in [0.15, 0.2) is 18.2 Å². The Balaban J connectivity index is 2.32. The molecular formula is C15H23FN2. The van der Waals surface area contributed by atoms with Crippen LogP contribution in [0.2, 0.25) is 0 Å². The molecule has 1 aliphatic rings. The van der Waals surface area contributed by atoms with E-state index in [2.05, 4.69) is 18.7 Å². The molecule has 3 atom stereocenters. The molecule has 3 heteroatoms. The van der Waals surface area contributed by atoms with Crippen LogP contribution in [0.3, 0.4) is 0 Å². The summed E-state index contributed by atoms with van der Waals surface area (Å²) in [7, 11) is 0. The fraction of sp³-hybridized carbons (Fsp3) is 0.600. The lowest BCUT2D eigenvalue weighted by Crippen LogP contribution is -2.39. The summed E-state index contributed by atoms with van der Waals surface area (Å²) in [5.74, 6) is 1.16. The van der Waals surface area contributed by atoms with Gasteiger partial charge in [-0.05, 0) is 48.9 Å². The fourth-order valence-corrected chi connectivity index (χ4v) is 3.04. The maximum absolute atomic E-state index is 13.4. The predicted octanol–water partition coefficient (Wildman–Crippen LogP) is 3.33. The Hall–Kier alpha value is -1.09. The average Bonchev–Trinajstić information content (AvgIpc) is 2.27. The van der Waals surface area contributed by atoms with E-state index in [1.54, 1.807) is 6.07 Å². The van der Waals surface area contributed by atoms with Crippen LogP contribution < -0.4 is 10.6 Å². The Bertz CT molecular complexity index is 407. The van der Waals surface area contributed by atoms with Crippen molar-refractivity contribution in [1.82, 2.24) is 0 Å². The molecule has 1 aliphatic heterocycles. The van der Waals surface area contributed by atoms with Gasteiger partial charge in [0, 0.05) is 24.8 Å². The highest BCUT2D eigenvalue weighted by Gasteiger charge is 2.24. The van der Waals surface area contributed by atoms with Gasteiger partial charge in [0.25, 0.3) is 0 Å². The molecule has 1 aromatic rings. The molecule has 0 bridgehead atoms. The second-order valence-corrected chi connectivity index (χ2v) is 5.84. The number of piperidine rings is 1. The molecule has 2 N–H and O–H groups in total. The Morgan fingerprint density at radius 1 is 1.28 bits per heavy atom. The minimum atomic E-state index is -0.204. The maximum atomic E-state index is 13.4. The second-order valence-electron chi connectivity index (χ2n) is 5.84. The summed E-state index contributed by atoms with van der Waals surface area (Å²) in [5.41, 5.74) is 7.98. The third-order valence-electron chi connectivity index (χ3n) is 3.69. The summed E-state index contributed by atoms with van der Waals surface area (Å²) >= 11 is 0. The van der Waals surface area contributed by atoms with Gasteiger partial charge < -0.3 is 10.6 Å². The highest BCUT2D eigenvalue weighted by atomic mass is 19.1. The summed E-state index contributed by atoms with van der Waals surface area (Å²) in [5, 5.41) is 0. The Morgan fingerprint density at radius 2 is 1.89 bits per heavy atom. The van der Waals surface area contributed by atoms with E-state index >= 15 is 0 Å². The van der Waals surface area contributed by atoms with Crippen LogP contribution in [0.1, 0.15) is 38.8 Å². The largest absolute Gasteiger partial charge is 0.371 e. The molecule has 0 spiro atoms. The van der Waals surface area contributed by atoms with E-state index in [-0.39, 0.29) is 11.9 Å². The zero-order valence-electron chi connectivity index (χ0n) is 11.5. The molecule has 2 rings (SSSR count). The van der Waals surface area contributed by atoms with Crippen molar-refractivity contribution in [3.8, 4) is 0 Å². The SMILES string of the molecule is CC1CC(C)CN(c2ccc(F)cc2[C@@H](C)N)C1. The molecule has 1 heterocycles. The predicted molar refractivity (Wildman–Crippen MR) is 74.2 cm³/mol. The van der Waals surface area contributed by atoms with Crippen molar-refractivity contribution >= 4 is 5.69 Å². The van der Waals surface area contributed by atoms with Gasteiger partial charge in [0.05, 0.1) is 0 Å². The monoisotopic (exact) mass is 250 g/mol. The van der Waals surface area contributed by atoms with Gasteiger partial charge in [0.1, 0.15) is 5.82 Å². The van der Waals surface area contributed by atoms with Crippen molar-refractivity contribution < 1.29 is 4.39 Å². The maximum Gasteiger partial charge on any atom is 0.123 e. The smallest absolute Gasteiger partial charge is 0.123 e. The number of rotatable bonds is 2. The van der Waals surface area contributed by atoms with Crippen molar-refractivity contribution in [3.05, 3.63) is 29.6 Å². The molecule has 2 nitrogen and oxygen atoms in total. The highest BCUT2D eigenvalue weighted by Crippen LogP contribution is 2.31. The minimum absolute atomic E-state index is 0.136. The first-order chi connectivity index (χ1) is 8.47. The fourth-order valence-electron chi connectivity index (χ4n) is 3.04. The molecule has 0 aromatic heterocycles. The van der Waals surface area contributed by atoms with E-state index in [0.717, 1.165) is 24.3 Å². The quantitative estimate of drug-likeness (QED) is 0.872. The van der Waals surface area contributed by atoms with Crippen LogP contribution in [-0.4, -0.2) is 13.1 Å². The van der Waals surface area contributed by atoms with Gasteiger partial charge >= 0.3 is 0 Å². The molecule has 0 amide bonds. The molecule has 0 saturated carbocycles. The van der Waals surface area contributed by atoms with E-state index in [1.165, 1.54) is 12.5 Å². The van der Waals surface area contributed by atoms with Crippen LogP contribution >= 0.6 is 0 Å². The van der Waals surface area contributed by atoms with Gasteiger partial charge in [-0.2, -0.15) is 0 Å². The van der Waals surface area contributed by atoms with E-state index in [0.29, 0.717) is 11.8 Å². The van der Waals surface area contributed by atoms with Gasteiger partial charge in [-0.25, -0.2) is 4.39 Å². The van der Waals surface area contributed by atoms with Gasteiger partial charge in [-0.3, -0.25) is 0 Å². The standard InChI is InChI=1S/C15H23FN2/c1-10-6-11(2)9-18(8-10)15-5-4-13(16)7-14(15)12(3)17/h4-5,7,10-12H,6,8-9,17H2,1-3H3/t10?,11?,12-/m1/s1. The van der Waals surface area contributed by atoms with E-state index in [1.807, 2.05) is 13.0 Å². The van der Waals surface area contributed by atoms with Crippen molar-refractivity contribution in [2.45, 2.75) is 33.2 Å². The molecule has 100 valence electrons. The molecule has 1 saturated heterocycles. The lowest BCUT2D eigenvalue weighted by Gasteiger charge is -2.38. The normalized spacial score (nSPS) is 26.2. The van der Waals surface area contributed by atoms with Crippen molar-refractivity contribution in [3.63, 3.8) is 0 Å². The van der Waals surface area contributed by atoms with Crippen molar-refractivity contribution in [2.24, 2.45) is 17.6 Å². The van der Waals surface area contributed by atoms with E-state index in [4.69, 9.17) is 5.73 Å². The number of hydrogen-bond acceptors (Lipinski definition) is 2. The Kier molecular flexibility index (Phi) is 3.91. The Morgan fingerprint density at radius 3 is 2.44 bits per heavy atom.